The van der Waals surface area contributed by atoms with Crippen molar-refractivity contribution < 1.29 is 183 Å². The van der Waals surface area contributed by atoms with Crippen LogP contribution in [0.1, 0.15) is 41.0 Å². The van der Waals surface area contributed by atoms with Crippen LogP contribution in [-0.4, -0.2) is 382 Å². The maximum atomic E-state index is 12.9. The van der Waals surface area contributed by atoms with Gasteiger partial charge in [-0.3, -0.25) is 19.2 Å². The van der Waals surface area contributed by atoms with Crippen molar-refractivity contribution in [3.05, 3.63) is 0 Å². The molecule has 7 fully saturated rings. The second-order valence-corrected chi connectivity index (χ2v) is 23.7. The number of carbonyl (C=O) groups excluding carboxylic acids is 4. The van der Waals surface area contributed by atoms with E-state index in [-0.39, 0.29) is 6.47 Å². The first kappa shape index (κ1) is 77.0. The molecule has 538 valence electrons. The highest BCUT2D eigenvalue weighted by Crippen LogP contribution is 2.42. The number of aliphatic hydroxyl groups excluding tert-OH is 19. The third kappa shape index (κ3) is 17.0. The molecule has 40 nitrogen and oxygen atoms in total. The van der Waals surface area contributed by atoms with Crippen molar-refractivity contribution in [1.29, 1.82) is 0 Å². The van der Waals surface area contributed by atoms with Crippen LogP contribution in [0.5, 0.6) is 0 Å². The van der Waals surface area contributed by atoms with Gasteiger partial charge >= 0.3 is 5.97 Å². The summed E-state index contributed by atoms with van der Waals surface area (Å²) >= 11 is 0. The Morgan fingerprint density at radius 3 is 1.29 bits per heavy atom. The van der Waals surface area contributed by atoms with Crippen LogP contribution in [0.25, 0.3) is 0 Å². The van der Waals surface area contributed by atoms with Crippen molar-refractivity contribution in [2.75, 3.05) is 46.2 Å². The third-order valence-electron chi connectivity index (χ3n) is 17.2. The summed E-state index contributed by atoms with van der Waals surface area (Å²) < 4.78 is 81.9. The summed E-state index contributed by atoms with van der Waals surface area (Å²) in [6, 6.07) is -4.75. The second-order valence-electron chi connectivity index (χ2n) is 23.7. The number of ether oxygens (including phenoxy) is 14. The average molecular weight is 1360 g/mol. The van der Waals surface area contributed by atoms with Crippen molar-refractivity contribution in [3.8, 4) is 0 Å². The fraction of sp³-hybridized carbons (Fsp3) is 0.925. The van der Waals surface area contributed by atoms with Gasteiger partial charge in [-0.15, -0.1) is 0 Å². The largest absolute Gasteiger partial charge is 0.410 e. The van der Waals surface area contributed by atoms with Crippen LogP contribution in [0.3, 0.4) is 0 Å². The molecule has 7 saturated heterocycles. The van der Waals surface area contributed by atoms with Crippen LogP contribution in [0, 0.1) is 5.92 Å². The van der Waals surface area contributed by atoms with Gasteiger partial charge in [-0.25, -0.2) is 0 Å². The predicted molar refractivity (Wildman–Crippen MR) is 290 cm³/mol. The van der Waals surface area contributed by atoms with Gasteiger partial charge < -0.3 is 179 Å². The number of aliphatic hydroxyl groups is 19. The van der Waals surface area contributed by atoms with E-state index >= 15 is 0 Å². The summed E-state index contributed by atoms with van der Waals surface area (Å²) in [6.07, 6.45) is -60.5. The minimum Gasteiger partial charge on any atom is -0.410 e. The Morgan fingerprint density at radius 1 is 0.462 bits per heavy atom. The summed E-state index contributed by atoms with van der Waals surface area (Å²) in [5, 5.41) is 217. The normalized spacial score (nSPS) is 47.2. The molecule has 7 rings (SSSR count). The molecule has 0 aromatic carbocycles. The van der Waals surface area contributed by atoms with E-state index in [0.717, 1.165) is 13.8 Å². The van der Waals surface area contributed by atoms with Crippen molar-refractivity contribution in [1.82, 2.24) is 16.0 Å². The van der Waals surface area contributed by atoms with Crippen molar-refractivity contribution in [2.24, 2.45) is 5.92 Å². The molecule has 0 spiro atoms. The van der Waals surface area contributed by atoms with E-state index < -0.39 is 291 Å². The number of nitrogens with one attached hydrogen (secondary N) is 3. The van der Waals surface area contributed by atoms with Gasteiger partial charge in [0, 0.05) is 26.7 Å². The first-order valence-electron chi connectivity index (χ1n) is 29.9. The van der Waals surface area contributed by atoms with Gasteiger partial charge in [-0.05, 0) is 6.92 Å². The van der Waals surface area contributed by atoms with Crippen LogP contribution in [0.15, 0.2) is 0 Å². The Labute approximate surface area is 529 Å². The Bertz CT molecular complexity index is 2380. The Balaban J connectivity index is 1.12. The molecule has 7 aliphatic rings. The summed E-state index contributed by atoms with van der Waals surface area (Å²) in [5.74, 6) is -6.18. The summed E-state index contributed by atoms with van der Waals surface area (Å²) in [7, 11) is 0. The van der Waals surface area contributed by atoms with Crippen LogP contribution in [0.4, 0.5) is 0 Å². The lowest BCUT2D eigenvalue weighted by Gasteiger charge is -2.51. The standard InChI is InChI=1S/C53H89N3O37/c1-15-20(68)6-53(80-14-64,92-41(15)31(70)21(69)7-57)93-46-34(73)24(10-60)83-51(40(46)79)89-44-27(13-63)86-49(30(37(44)76)56-19(5)67)91-47-38(77)32(71)22(8-58)84-52(47)90-45-33(72)23(9-59)82-50(39(45)78)88-43-26(12-62)85-48(29(36(43)75)55-18(4)66)87-42-25(11-61)81-16(2)28(35(42)74)54-17(3)65/h14-16,20-52,57-63,68-79H,6-13H2,1-5H3,(H,54,65)(H,55,66)(H,56,67)/t15-,16+,20+,21+,22?,23?,24?,25?,26?,27?,28?,29?,30?,31-,32+,33+,34+,35-,36-,37-,38?,39?,40?,41?,42+,43+,44+,45+,46+,47?,48+,49+,50+,51+,52+,53+/m1/s1. The zero-order valence-electron chi connectivity index (χ0n) is 50.8. The SMILES string of the molecule is CC(=O)NC1[C@H](O[C@H]2C(CO)O[C@@H](C)C(NC(C)=O)[C@H]2O)OC(CO)[C@H](O[C@@H]2OC(CO)[C@H](O)[C@H](O[C@@H]3OC(CO)[C@H](O)C(O)C3O[C@@H]3OC(CO)[C@H](O[C@@H]4OC(CO)[C@H](O)[C@H](O[C@]5(OC=O)C[C@H](O)[C@@H](C)C([C@H](O)[C@@H](O)CO)O5)C4O)[C@H](O)C3NC(C)=O)C2O)[C@@H]1O. The molecule has 40 heteroatoms. The molecule has 7 aliphatic heterocycles. The number of hydrogen-bond donors (Lipinski definition) is 22. The van der Waals surface area contributed by atoms with E-state index in [1.165, 1.54) is 20.8 Å². The zero-order chi connectivity index (χ0) is 68.8. The Morgan fingerprint density at radius 2 is 0.839 bits per heavy atom. The molecule has 3 amide bonds. The summed E-state index contributed by atoms with van der Waals surface area (Å²) in [5.41, 5.74) is 0. The van der Waals surface area contributed by atoms with Gasteiger partial charge in [0.1, 0.15) is 152 Å². The number of hydrogen-bond acceptors (Lipinski definition) is 37. The predicted octanol–water partition coefficient (Wildman–Crippen LogP) is -14.2. The van der Waals surface area contributed by atoms with Gasteiger partial charge in [0.2, 0.25) is 17.7 Å². The summed E-state index contributed by atoms with van der Waals surface area (Å²) in [4.78, 5) is 49.5. The molecule has 0 bridgehead atoms. The molecule has 0 aromatic heterocycles. The van der Waals surface area contributed by atoms with E-state index in [9.17, 15) is 116 Å². The number of rotatable bonds is 26. The van der Waals surface area contributed by atoms with E-state index in [4.69, 9.17) is 66.3 Å². The lowest BCUT2D eigenvalue weighted by molar-refractivity contribution is -0.448. The molecule has 93 heavy (non-hydrogen) atoms. The molecular weight excluding hydrogens is 1270 g/mol. The maximum Gasteiger partial charge on any atom is 0.332 e. The topological polar surface area (TPSA) is 618 Å². The molecule has 0 aliphatic carbocycles. The number of amides is 3. The maximum absolute atomic E-state index is 12.9. The van der Waals surface area contributed by atoms with E-state index in [1.807, 2.05) is 0 Å². The van der Waals surface area contributed by atoms with Crippen LogP contribution in [-0.2, 0) is 85.5 Å². The molecule has 0 radical (unpaired) electrons. The van der Waals surface area contributed by atoms with Crippen molar-refractivity contribution in [3.63, 3.8) is 0 Å². The van der Waals surface area contributed by atoms with E-state index in [1.54, 1.807) is 0 Å². The first-order chi connectivity index (χ1) is 44.0. The fourth-order valence-electron chi connectivity index (χ4n) is 12.3. The molecular formula is C53H89N3O37. The van der Waals surface area contributed by atoms with Gasteiger partial charge in [0.05, 0.1) is 77.0 Å². The lowest BCUT2D eigenvalue weighted by atomic mass is 9.87. The fourth-order valence-corrected chi connectivity index (χ4v) is 12.3. The minimum atomic E-state index is -2.81. The highest BCUT2D eigenvalue weighted by Gasteiger charge is 2.61. The van der Waals surface area contributed by atoms with Gasteiger partial charge in [0.15, 0.2) is 31.5 Å². The summed E-state index contributed by atoms with van der Waals surface area (Å²) in [6.45, 7) is -1.37. The smallest absolute Gasteiger partial charge is 0.332 e. The lowest BCUT2D eigenvalue weighted by Crippen LogP contribution is -2.71. The minimum absolute atomic E-state index is 0.221. The monoisotopic (exact) mass is 1360 g/mol. The van der Waals surface area contributed by atoms with Gasteiger partial charge in [0.25, 0.3) is 6.47 Å². The Hall–Kier alpha value is -3.40. The van der Waals surface area contributed by atoms with Crippen molar-refractivity contribution in [2.45, 2.75) is 255 Å². The van der Waals surface area contributed by atoms with Crippen LogP contribution < -0.4 is 16.0 Å². The van der Waals surface area contributed by atoms with E-state index in [2.05, 4.69) is 16.0 Å². The zero-order valence-corrected chi connectivity index (χ0v) is 50.8. The van der Waals surface area contributed by atoms with Gasteiger partial charge in [-0.2, -0.15) is 0 Å². The van der Waals surface area contributed by atoms with E-state index in [0.29, 0.717) is 0 Å². The highest BCUT2D eigenvalue weighted by molar-refractivity contribution is 5.74. The second kappa shape index (κ2) is 33.4. The Kier molecular flexibility index (Phi) is 27.7. The third-order valence-corrected chi connectivity index (χ3v) is 17.2. The molecule has 36 atom stereocenters. The molecule has 22 N–H and O–H groups in total. The van der Waals surface area contributed by atoms with Gasteiger partial charge in [-0.1, -0.05) is 6.92 Å². The first-order valence-corrected chi connectivity index (χ1v) is 29.9. The van der Waals surface area contributed by atoms with Crippen molar-refractivity contribution >= 4 is 24.2 Å². The molecule has 14 unspecified atom stereocenters. The quantitative estimate of drug-likeness (QED) is 0.0282. The average Bonchev–Trinajstić information content (AvgIpc) is 0.775. The highest BCUT2D eigenvalue weighted by atomic mass is 16.9. The molecule has 0 aromatic rings. The van der Waals surface area contributed by atoms with Crippen LogP contribution in [0.2, 0.25) is 0 Å². The number of carbonyl (C=O) groups is 4. The molecule has 7 heterocycles. The van der Waals surface area contributed by atoms with Crippen LogP contribution >= 0.6 is 0 Å². The molecule has 0 saturated carbocycles.